The van der Waals surface area contributed by atoms with Crippen LogP contribution in [0.5, 0.6) is 11.6 Å². The van der Waals surface area contributed by atoms with Crippen LogP contribution in [-0.2, 0) is 6.54 Å². The van der Waals surface area contributed by atoms with Gasteiger partial charge in [-0.05, 0) is 24.2 Å². The van der Waals surface area contributed by atoms with Crippen LogP contribution in [0.2, 0.25) is 0 Å². The molecular formula is C17H17N3O. The summed E-state index contributed by atoms with van der Waals surface area (Å²) in [6.45, 7) is 3.85. The van der Waals surface area contributed by atoms with Crippen molar-refractivity contribution in [2.75, 3.05) is 6.54 Å². The Kier molecular flexibility index (Phi) is 4.07. The van der Waals surface area contributed by atoms with E-state index in [9.17, 15) is 0 Å². The molecule has 21 heavy (non-hydrogen) atoms. The summed E-state index contributed by atoms with van der Waals surface area (Å²) in [7, 11) is 0. The van der Waals surface area contributed by atoms with E-state index in [1.807, 2.05) is 48.7 Å². The Morgan fingerprint density at radius 1 is 1.05 bits per heavy atom. The number of nitrogens with one attached hydrogen (secondary N) is 1. The number of pyridine rings is 2. The zero-order chi connectivity index (χ0) is 14.5. The van der Waals surface area contributed by atoms with E-state index in [0.717, 1.165) is 35.3 Å². The fraction of sp³-hybridized carbons (Fsp3) is 0.176. The Balaban J connectivity index is 1.82. The minimum absolute atomic E-state index is 0.577. The molecule has 0 aliphatic carbocycles. The van der Waals surface area contributed by atoms with Crippen molar-refractivity contribution in [1.82, 2.24) is 15.3 Å². The highest BCUT2D eigenvalue weighted by molar-refractivity contribution is 5.84. The molecule has 0 amide bonds. The lowest BCUT2D eigenvalue weighted by Gasteiger charge is -2.08. The van der Waals surface area contributed by atoms with E-state index in [-0.39, 0.29) is 0 Å². The number of aromatic nitrogens is 2. The van der Waals surface area contributed by atoms with Gasteiger partial charge in [-0.15, -0.1) is 0 Å². The standard InChI is InChI=1S/C17H17N3O/c1-2-18-11-13-8-9-16(20-12-13)21-15-7-3-5-14-6-4-10-19-17(14)15/h3-10,12,18H,2,11H2,1H3. The van der Waals surface area contributed by atoms with Crippen molar-refractivity contribution in [3.63, 3.8) is 0 Å². The monoisotopic (exact) mass is 279 g/mol. The Labute approximate surface area is 123 Å². The van der Waals surface area contributed by atoms with Gasteiger partial charge in [0.1, 0.15) is 5.52 Å². The second-order valence-corrected chi connectivity index (χ2v) is 4.72. The summed E-state index contributed by atoms with van der Waals surface area (Å²) in [5, 5.41) is 4.32. The maximum atomic E-state index is 5.86. The fourth-order valence-corrected chi connectivity index (χ4v) is 2.12. The minimum atomic E-state index is 0.577. The predicted octanol–water partition coefficient (Wildman–Crippen LogP) is 3.53. The van der Waals surface area contributed by atoms with E-state index in [1.54, 1.807) is 6.20 Å². The zero-order valence-electron chi connectivity index (χ0n) is 11.9. The van der Waals surface area contributed by atoms with Gasteiger partial charge in [-0.2, -0.15) is 0 Å². The van der Waals surface area contributed by atoms with Crippen molar-refractivity contribution < 1.29 is 4.74 Å². The number of hydrogen-bond donors (Lipinski definition) is 1. The molecule has 1 N–H and O–H groups in total. The van der Waals surface area contributed by atoms with Crippen molar-refractivity contribution in [2.24, 2.45) is 0 Å². The molecule has 0 spiro atoms. The molecule has 0 atom stereocenters. The molecule has 3 aromatic rings. The fourth-order valence-electron chi connectivity index (χ4n) is 2.12. The van der Waals surface area contributed by atoms with Crippen LogP contribution < -0.4 is 10.1 Å². The molecule has 1 aromatic carbocycles. The van der Waals surface area contributed by atoms with E-state index < -0.39 is 0 Å². The molecule has 106 valence electrons. The molecule has 0 fully saturated rings. The van der Waals surface area contributed by atoms with Gasteiger partial charge in [-0.3, -0.25) is 4.98 Å². The first-order valence-electron chi connectivity index (χ1n) is 7.04. The van der Waals surface area contributed by atoms with Gasteiger partial charge in [0.05, 0.1) is 0 Å². The van der Waals surface area contributed by atoms with Crippen molar-refractivity contribution in [2.45, 2.75) is 13.5 Å². The predicted molar refractivity (Wildman–Crippen MR) is 83.4 cm³/mol. The van der Waals surface area contributed by atoms with E-state index in [0.29, 0.717) is 5.88 Å². The summed E-state index contributed by atoms with van der Waals surface area (Å²) in [4.78, 5) is 8.72. The summed E-state index contributed by atoms with van der Waals surface area (Å²) in [6, 6.07) is 13.7. The largest absolute Gasteiger partial charge is 0.437 e. The zero-order valence-corrected chi connectivity index (χ0v) is 11.9. The molecule has 0 radical (unpaired) electrons. The number of nitrogens with zero attached hydrogens (tertiary/aromatic N) is 2. The van der Waals surface area contributed by atoms with Gasteiger partial charge < -0.3 is 10.1 Å². The average Bonchev–Trinajstić information content (AvgIpc) is 2.55. The molecule has 4 heteroatoms. The molecule has 2 heterocycles. The molecule has 2 aromatic heterocycles. The second kappa shape index (κ2) is 6.33. The number of ether oxygens (including phenoxy) is 1. The van der Waals surface area contributed by atoms with Crippen LogP contribution in [0.1, 0.15) is 12.5 Å². The van der Waals surface area contributed by atoms with Crippen molar-refractivity contribution in [3.05, 3.63) is 60.4 Å². The highest BCUT2D eigenvalue weighted by atomic mass is 16.5. The van der Waals surface area contributed by atoms with Crippen LogP contribution in [-0.4, -0.2) is 16.5 Å². The Morgan fingerprint density at radius 2 is 1.95 bits per heavy atom. The molecule has 3 rings (SSSR count). The van der Waals surface area contributed by atoms with Crippen LogP contribution in [0.3, 0.4) is 0 Å². The number of rotatable bonds is 5. The minimum Gasteiger partial charge on any atom is -0.437 e. The van der Waals surface area contributed by atoms with Gasteiger partial charge in [0.25, 0.3) is 0 Å². The molecule has 0 bridgehead atoms. The molecule has 0 unspecified atom stereocenters. The Morgan fingerprint density at radius 3 is 2.76 bits per heavy atom. The third-order valence-corrected chi connectivity index (χ3v) is 3.19. The number of para-hydroxylation sites is 1. The average molecular weight is 279 g/mol. The topological polar surface area (TPSA) is 47.0 Å². The van der Waals surface area contributed by atoms with E-state index in [1.165, 1.54) is 0 Å². The smallest absolute Gasteiger partial charge is 0.219 e. The van der Waals surface area contributed by atoms with Crippen molar-refractivity contribution >= 4 is 10.9 Å². The van der Waals surface area contributed by atoms with E-state index in [4.69, 9.17) is 4.74 Å². The number of fused-ring (bicyclic) bond motifs is 1. The van der Waals surface area contributed by atoms with Crippen LogP contribution in [0, 0.1) is 0 Å². The summed E-state index contributed by atoms with van der Waals surface area (Å²) in [5.74, 6) is 1.30. The van der Waals surface area contributed by atoms with Gasteiger partial charge >= 0.3 is 0 Å². The summed E-state index contributed by atoms with van der Waals surface area (Å²) < 4.78 is 5.86. The summed E-state index contributed by atoms with van der Waals surface area (Å²) in [6.07, 6.45) is 3.60. The highest BCUT2D eigenvalue weighted by Crippen LogP contribution is 2.27. The third-order valence-electron chi connectivity index (χ3n) is 3.19. The second-order valence-electron chi connectivity index (χ2n) is 4.72. The van der Waals surface area contributed by atoms with Gasteiger partial charge in [0.15, 0.2) is 5.75 Å². The highest BCUT2D eigenvalue weighted by Gasteiger charge is 2.05. The SMILES string of the molecule is CCNCc1ccc(Oc2cccc3cccnc23)nc1. The van der Waals surface area contributed by atoms with E-state index >= 15 is 0 Å². The lowest BCUT2D eigenvalue weighted by molar-refractivity contribution is 0.466. The summed E-state index contributed by atoms with van der Waals surface area (Å²) >= 11 is 0. The van der Waals surface area contributed by atoms with Crippen LogP contribution in [0.4, 0.5) is 0 Å². The first-order valence-corrected chi connectivity index (χ1v) is 7.04. The Bertz CT molecular complexity index is 720. The Hall–Kier alpha value is -2.46. The van der Waals surface area contributed by atoms with Gasteiger partial charge in [-0.1, -0.05) is 31.2 Å². The van der Waals surface area contributed by atoms with Gasteiger partial charge in [0.2, 0.25) is 5.88 Å². The van der Waals surface area contributed by atoms with Crippen LogP contribution >= 0.6 is 0 Å². The molecule has 0 aliphatic heterocycles. The maximum absolute atomic E-state index is 5.86. The van der Waals surface area contributed by atoms with E-state index in [2.05, 4.69) is 22.2 Å². The summed E-state index contributed by atoms with van der Waals surface area (Å²) in [5.41, 5.74) is 1.98. The quantitative estimate of drug-likeness (QED) is 0.776. The first kappa shape index (κ1) is 13.5. The lowest BCUT2D eigenvalue weighted by Crippen LogP contribution is -2.11. The van der Waals surface area contributed by atoms with Crippen molar-refractivity contribution in [1.29, 1.82) is 0 Å². The first-order chi connectivity index (χ1) is 10.4. The molecule has 0 saturated carbocycles. The molecular weight excluding hydrogens is 262 g/mol. The molecule has 4 nitrogen and oxygen atoms in total. The van der Waals surface area contributed by atoms with Gasteiger partial charge in [-0.25, -0.2) is 4.98 Å². The van der Waals surface area contributed by atoms with Crippen LogP contribution in [0.25, 0.3) is 10.9 Å². The molecule has 0 saturated heterocycles. The number of hydrogen-bond acceptors (Lipinski definition) is 4. The third kappa shape index (κ3) is 3.17. The van der Waals surface area contributed by atoms with Crippen molar-refractivity contribution in [3.8, 4) is 11.6 Å². The number of benzene rings is 1. The lowest BCUT2D eigenvalue weighted by atomic mass is 10.2. The maximum Gasteiger partial charge on any atom is 0.219 e. The van der Waals surface area contributed by atoms with Gasteiger partial charge in [0, 0.05) is 30.4 Å². The normalized spacial score (nSPS) is 10.7. The van der Waals surface area contributed by atoms with Crippen LogP contribution in [0.15, 0.2) is 54.9 Å². The molecule has 0 aliphatic rings.